The Morgan fingerprint density at radius 3 is 2.48 bits per heavy atom. The Kier molecular flexibility index (Phi) is 4.83. The van der Waals surface area contributed by atoms with E-state index in [-0.39, 0.29) is 0 Å². The van der Waals surface area contributed by atoms with Crippen molar-refractivity contribution in [3.8, 4) is 0 Å². The summed E-state index contributed by atoms with van der Waals surface area (Å²) >= 11 is 0. The summed E-state index contributed by atoms with van der Waals surface area (Å²) in [5, 5.41) is 0.360. The molecule has 4 aliphatic rings. The van der Waals surface area contributed by atoms with Crippen LogP contribution in [0, 0.1) is 17.8 Å². The van der Waals surface area contributed by atoms with Gasteiger partial charge in [0.25, 0.3) is 0 Å². The molecular formula is C21H33N3O2S. The van der Waals surface area contributed by atoms with E-state index in [4.69, 9.17) is 0 Å². The van der Waals surface area contributed by atoms with E-state index in [0.29, 0.717) is 28.8 Å². The molecule has 5 nitrogen and oxygen atoms in total. The fourth-order valence-electron chi connectivity index (χ4n) is 5.69. The number of imidazole rings is 1. The zero-order valence-corrected chi connectivity index (χ0v) is 17.2. The van der Waals surface area contributed by atoms with Crippen molar-refractivity contribution in [2.24, 2.45) is 17.8 Å². The molecule has 3 saturated carbocycles. The summed E-state index contributed by atoms with van der Waals surface area (Å²) in [6.45, 7) is 2.90. The number of hydrogen-bond acceptors (Lipinski definition) is 4. The lowest BCUT2D eigenvalue weighted by Crippen LogP contribution is -2.33. The van der Waals surface area contributed by atoms with Crippen molar-refractivity contribution < 1.29 is 8.42 Å². The van der Waals surface area contributed by atoms with Gasteiger partial charge in [-0.3, -0.25) is 4.90 Å². The minimum absolute atomic E-state index is 0.294. The largest absolute Gasteiger partial charge is 0.317 e. The fourth-order valence-corrected chi connectivity index (χ4v) is 7.53. The van der Waals surface area contributed by atoms with E-state index in [9.17, 15) is 8.42 Å². The van der Waals surface area contributed by atoms with E-state index in [1.807, 2.05) is 6.20 Å². The predicted molar refractivity (Wildman–Crippen MR) is 105 cm³/mol. The summed E-state index contributed by atoms with van der Waals surface area (Å²) < 4.78 is 28.2. The van der Waals surface area contributed by atoms with Gasteiger partial charge in [0.2, 0.25) is 15.0 Å². The molecule has 0 unspecified atom stereocenters. The lowest BCUT2D eigenvalue weighted by atomic mass is 9.89. The first-order chi connectivity index (χ1) is 13.1. The lowest BCUT2D eigenvalue weighted by Gasteiger charge is -2.28. The van der Waals surface area contributed by atoms with Crippen LogP contribution in [-0.2, 0) is 22.9 Å². The van der Waals surface area contributed by atoms with Crippen LogP contribution in [0.1, 0.15) is 69.9 Å². The standard InChI is InChI=1S/C21H33N3O2S/c25-27(26,15-17-6-7-17)21-22-11-20(14-23-12-18-8-9-19(23)10-18)24(21)13-16-4-2-1-3-5-16/h11,16-19H,1-10,12-15H2/t18-,19-/m0/s1. The zero-order valence-electron chi connectivity index (χ0n) is 16.4. The van der Waals surface area contributed by atoms with Crippen LogP contribution in [0.5, 0.6) is 0 Å². The van der Waals surface area contributed by atoms with Crippen molar-refractivity contribution >= 4 is 9.84 Å². The first kappa shape index (κ1) is 18.2. The smallest absolute Gasteiger partial charge is 0.227 e. The number of hydrogen-bond donors (Lipinski definition) is 0. The molecule has 1 aliphatic heterocycles. The number of likely N-dealkylation sites (tertiary alicyclic amines) is 1. The third-order valence-electron chi connectivity index (χ3n) is 7.39. The predicted octanol–water partition coefficient (Wildman–Crippen LogP) is 3.63. The van der Waals surface area contributed by atoms with Crippen molar-refractivity contribution in [2.75, 3.05) is 12.3 Å². The molecule has 0 amide bonds. The number of nitrogens with zero attached hydrogens (tertiary/aromatic N) is 3. The van der Waals surface area contributed by atoms with E-state index < -0.39 is 9.84 Å². The molecule has 0 radical (unpaired) electrons. The van der Waals surface area contributed by atoms with E-state index in [1.54, 1.807) is 0 Å². The molecule has 0 spiro atoms. The van der Waals surface area contributed by atoms with E-state index in [0.717, 1.165) is 37.5 Å². The van der Waals surface area contributed by atoms with Crippen molar-refractivity contribution in [1.82, 2.24) is 14.5 Å². The summed E-state index contributed by atoms with van der Waals surface area (Å²) in [7, 11) is -3.27. The van der Waals surface area contributed by atoms with Crippen molar-refractivity contribution in [3.05, 3.63) is 11.9 Å². The molecule has 2 bridgehead atoms. The van der Waals surface area contributed by atoms with E-state index in [2.05, 4.69) is 14.5 Å². The average Bonchev–Trinajstić information content (AvgIpc) is 3.05. The second-order valence-corrected chi connectivity index (χ2v) is 11.6. The van der Waals surface area contributed by atoms with Gasteiger partial charge < -0.3 is 4.57 Å². The van der Waals surface area contributed by atoms with E-state index in [1.165, 1.54) is 57.9 Å². The summed E-state index contributed by atoms with van der Waals surface area (Å²) in [5.41, 5.74) is 1.13. The maximum Gasteiger partial charge on any atom is 0.227 e. The maximum absolute atomic E-state index is 13.0. The Morgan fingerprint density at radius 2 is 1.81 bits per heavy atom. The fraction of sp³-hybridized carbons (Fsp3) is 0.857. The molecule has 0 aromatic carbocycles. The molecule has 1 aromatic heterocycles. The molecule has 1 aromatic rings. The average molecular weight is 392 g/mol. The van der Waals surface area contributed by atoms with Gasteiger partial charge in [0, 0.05) is 25.7 Å². The Bertz CT molecular complexity index is 777. The third-order valence-corrected chi connectivity index (χ3v) is 9.18. The molecule has 2 atom stereocenters. The number of piperidine rings is 1. The van der Waals surface area contributed by atoms with Gasteiger partial charge in [-0.25, -0.2) is 13.4 Å². The topological polar surface area (TPSA) is 55.2 Å². The molecule has 0 N–H and O–H groups in total. The zero-order chi connectivity index (χ0) is 18.4. The third kappa shape index (κ3) is 3.84. The summed E-state index contributed by atoms with van der Waals surface area (Å²) in [6.07, 6.45) is 14.4. The lowest BCUT2D eigenvalue weighted by molar-refractivity contribution is 0.197. The number of fused-ring (bicyclic) bond motifs is 2. The van der Waals surface area contributed by atoms with Gasteiger partial charge in [0.05, 0.1) is 17.6 Å². The Labute approximate surface area is 163 Å². The van der Waals surface area contributed by atoms with Gasteiger partial charge in [0.15, 0.2) is 0 Å². The minimum atomic E-state index is -3.27. The van der Waals surface area contributed by atoms with Crippen molar-refractivity contribution in [1.29, 1.82) is 0 Å². The maximum atomic E-state index is 13.0. The molecule has 2 heterocycles. The van der Waals surface area contributed by atoms with Gasteiger partial charge in [-0.05, 0) is 62.7 Å². The molecule has 27 heavy (non-hydrogen) atoms. The molecule has 4 fully saturated rings. The Balaban J connectivity index is 1.40. The monoisotopic (exact) mass is 391 g/mol. The van der Waals surface area contributed by atoms with Crippen LogP contribution in [0.4, 0.5) is 0 Å². The van der Waals surface area contributed by atoms with Crippen LogP contribution < -0.4 is 0 Å². The van der Waals surface area contributed by atoms with Crippen LogP contribution in [-0.4, -0.2) is 41.2 Å². The van der Waals surface area contributed by atoms with Crippen molar-refractivity contribution in [3.63, 3.8) is 0 Å². The quantitative estimate of drug-likeness (QED) is 0.712. The van der Waals surface area contributed by atoms with Crippen LogP contribution in [0.25, 0.3) is 0 Å². The minimum Gasteiger partial charge on any atom is -0.317 e. The highest BCUT2D eigenvalue weighted by molar-refractivity contribution is 7.91. The normalized spacial score (nSPS) is 29.6. The highest BCUT2D eigenvalue weighted by atomic mass is 32.2. The van der Waals surface area contributed by atoms with Gasteiger partial charge in [-0.2, -0.15) is 0 Å². The molecular weight excluding hydrogens is 358 g/mol. The van der Waals surface area contributed by atoms with Crippen molar-refractivity contribution in [2.45, 2.75) is 88.5 Å². The van der Waals surface area contributed by atoms with Crippen LogP contribution >= 0.6 is 0 Å². The SMILES string of the molecule is O=S(=O)(CC1CC1)c1ncc(CN2C[C@H]3CC[C@H]2C3)n1CC1CCCCC1. The van der Waals surface area contributed by atoms with Gasteiger partial charge >= 0.3 is 0 Å². The number of aromatic nitrogens is 2. The molecule has 150 valence electrons. The second kappa shape index (κ2) is 7.18. The first-order valence-electron chi connectivity index (χ1n) is 11.1. The summed E-state index contributed by atoms with van der Waals surface area (Å²) in [5.74, 6) is 2.13. The Morgan fingerprint density at radius 1 is 1.00 bits per heavy atom. The molecule has 3 aliphatic carbocycles. The summed E-state index contributed by atoms with van der Waals surface area (Å²) in [6, 6.07) is 0.708. The van der Waals surface area contributed by atoms with Gasteiger partial charge in [0.1, 0.15) is 0 Å². The van der Waals surface area contributed by atoms with E-state index >= 15 is 0 Å². The van der Waals surface area contributed by atoms with Gasteiger partial charge in [-0.15, -0.1) is 0 Å². The van der Waals surface area contributed by atoms with Crippen LogP contribution in [0.3, 0.4) is 0 Å². The summed E-state index contributed by atoms with van der Waals surface area (Å²) in [4.78, 5) is 7.07. The Hall–Kier alpha value is -0.880. The molecule has 1 saturated heterocycles. The number of sulfone groups is 1. The number of rotatable bonds is 7. The highest BCUT2D eigenvalue weighted by Gasteiger charge is 2.39. The van der Waals surface area contributed by atoms with Gasteiger partial charge in [-0.1, -0.05) is 19.3 Å². The highest BCUT2D eigenvalue weighted by Crippen LogP contribution is 2.39. The second-order valence-electron chi connectivity index (χ2n) is 9.63. The molecule has 6 heteroatoms. The first-order valence-corrected chi connectivity index (χ1v) is 12.7. The van der Waals surface area contributed by atoms with Crippen LogP contribution in [0.15, 0.2) is 11.4 Å². The van der Waals surface area contributed by atoms with Crippen LogP contribution in [0.2, 0.25) is 0 Å². The molecule has 5 rings (SSSR count).